The average molecular weight is 426 g/mol. The lowest BCUT2D eigenvalue weighted by Gasteiger charge is -2.25. The first-order valence-corrected chi connectivity index (χ1v) is 11.2. The molecular formula is C21H23N5O3S. The van der Waals surface area contributed by atoms with E-state index in [2.05, 4.69) is 15.3 Å². The molecule has 0 amide bonds. The molecule has 3 aromatic rings. The number of hydrogen-bond acceptors (Lipinski definition) is 6. The second kappa shape index (κ2) is 8.37. The van der Waals surface area contributed by atoms with Crippen molar-refractivity contribution in [2.24, 2.45) is 7.05 Å². The Kier molecular flexibility index (Phi) is 5.65. The summed E-state index contributed by atoms with van der Waals surface area (Å²) in [5.41, 5.74) is 1.14. The van der Waals surface area contributed by atoms with Gasteiger partial charge in [0, 0.05) is 50.2 Å². The summed E-state index contributed by atoms with van der Waals surface area (Å²) in [5.74, 6) is 0.401. The number of nitrogens with zero attached hydrogens (tertiary/aromatic N) is 4. The predicted octanol–water partition coefficient (Wildman–Crippen LogP) is 2.11. The molecule has 156 valence electrons. The topological polar surface area (TPSA) is 97.2 Å². The van der Waals surface area contributed by atoms with Crippen LogP contribution >= 0.6 is 0 Å². The summed E-state index contributed by atoms with van der Waals surface area (Å²) in [7, 11) is -1.92. The third kappa shape index (κ3) is 3.99. The van der Waals surface area contributed by atoms with Gasteiger partial charge < -0.3 is 5.32 Å². The highest BCUT2D eigenvalue weighted by molar-refractivity contribution is 7.89. The van der Waals surface area contributed by atoms with Crippen LogP contribution in [-0.4, -0.2) is 46.4 Å². The Labute approximate surface area is 175 Å². The van der Waals surface area contributed by atoms with Crippen LogP contribution in [0.4, 0.5) is 5.95 Å². The zero-order chi connectivity index (χ0) is 21.1. The summed E-state index contributed by atoms with van der Waals surface area (Å²) >= 11 is 0. The quantitative estimate of drug-likeness (QED) is 0.650. The van der Waals surface area contributed by atoms with Gasteiger partial charge in [-0.05, 0) is 37.1 Å². The molecule has 1 aromatic carbocycles. The molecule has 1 aliphatic rings. The Morgan fingerprint density at radius 3 is 2.60 bits per heavy atom. The van der Waals surface area contributed by atoms with E-state index in [0.29, 0.717) is 29.6 Å². The monoisotopic (exact) mass is 425 g/mol. The number of anilines is 1. The van der Waals surface area contributed by atoms with Crippen molar-refractivity contribution >= 4 is 16.0 Å². The SMILES string of the molecule is Cn1c(NC[C@H]2CCCN2S(=O)(=O)c2ccccc2)nc(-c2ccncc2)cc1=O. The molecule has 8 nitrogen and oxygen atoms in total. The van der Waals surface area contributed by atoms with Crippen LogP contribution in [0, 0.1) is 0 Å². The van der Waals surface area contributed by atoms with Crippen LogP contribution in [-0.2, 0) is 17.1 Å². The van der Waals surface area contributed by atoms with E-state index in [0.717, 1.165) is 18.4 Å². The molecule has 0 saturated carbocycles. The molecule has 0 bridgehead atoms. The molecule has 30 heavy (non-hydrogen) atoms. The van der Waals surface area contributed by atoms with Gasteiger partial charge in [0.15, 0.2) is 0 Å². The summed E-state index contributed by atoms with van der Waals surface area (Å²) in [6, 6.07) is 13.3. The fourth-order valence-electron chi connectivity index (χ4n) is 3.63. The van der Waals surface area contributed by atoms with Crippen LogP contribution in [0.2, 0.25) is 0 Å². The van der Waals surface area contributed by atoms with Crippen LogP contribution in [0.25, 0.3) is 11.3 Å². The van der Waals surface area contributed by atoms with E-state index < -0.39 is 10.0 Å². The molecule has 2 aromatic heterocycles. The molecule has 0 aliphatic carbocycles. The Hall–Kier alpha value is -3.04. The van der Waals surface area contributed by atoms with Crippen molar-refractivity contribution < 1.29 is 8.42 Å². The molecule has 1 fully saturated rings. The second-order valence-corrected chi connectivity index (χ2v) is 9.09. The molecule has 0 unspecified atom stereocenters. The normalized spacial score (nSPS) is 17.2. The summed E-state index contributed by atoms with van der Waals surface area (Å²) in [5, 5.41) is 3.19. The number of benzene rings is 1. The fourth-order valence-corrected chi connectivity index (χ4v) is 5.35. The van der Waals surface area contributed by atoms with Gasteiger partial charge in [-0.2, -0.15) is 4.31 Å². The second-order valence-electron chi connectivity index (χ2n) is 7.20. The maximum Gasteiger partial charge on any atom is 0.255 e. The third-order valence-electron chi connectivity index (χ3n) is 5.28. The van der Waals surface area contributed by atoms with Crippen LogP contribution in [0.5, 0.6) is 0 Å². The van der Waals surface area contributed by atoms with E-state index >= 15 is 0 Å². The summed E-state index contributed by atoms with van der Waals surface area (Å²) in [6.45, 7) is 0.846. The van der Waals surface area contributed by atoms with E-state index in [1.807, 2.05) is 0 Å². The third-order valence-corrected chi connectivity index (χ3v) is 7.25. The zero-order valence-corrected chi connectivity index (χ0v) is 17.4. The molecule has 1 saturated heterocycles. The van der Waals surface area contributed by atoms with Gasteiger partial charge in [-0.1, -0.05) is 18.2 Å². The van der Waals surface area contributed by atoms with Gasteiger partial charge in [-0.3, -0.25) is 14.3 Å². The number of hydrogen-bond donors (Lipinski definition) is 1. The zero-order valence-electron chi connectivity index (χ0n) is 16.6. The van der Waals surface area contributed by atoms with E-state index in [1.54, 1.807) is 66.2 Å². The fraction of sp³-hybridized carbons (Fsp3) is 0.286. The predicted molar refractivity (Wildman–Crippen MR) is 115 cm³/mol. The Morgan fingerprint density at radius 1 is 1.13 bits per heavy atom. The van der Waals surface area contributed by atoms with Crippen LogP contribution in [0.15, 0.2) is 70.6 Å². The smallest absolute Gasteiger partial charge is 0.255 e. The first-order valence-electron chi connectivity index (χ1n) is 9.76. The average Bonchev–Trinajstić information content (AvgIpc) is 3.25. The number of pyridine rings is 1. The maximum atomic E-state index is 13.0. The lowest BCUT2D eigenvalue weighted by Crippen LogP contribution is -2.40. The standard InChI is InChI=1S/C21H23N5O3S/c1-25-20(27)14-19(16-9-11-22-12-10-16)24-21(25)23-15-17-6-5-13-26(17)30(28,29)18-7-3-2-4-8-18/h2-4,7-12,14,17H,5-6,13,15H2,1H3,(H,23,24)/t17-/m1/s1. The molecule has 3 heterocycles. The van der Waals surface area contributed by atoms with Gasteiger partial charge in [-0.15, -0.1) is 0 Å². The number of nitrogens with one attached hydrogen (secondary N) is 1. The Bertz CT molecular complexity index is 1180. The summed E-state index contributed by atoms with van der Waals surface area (Å²) < 4.78 is 29.0. The van der Waals surface area contributed by atoms with E-state index in [-0.39, 0.29) is 11.6 Å². The van der Waals surface area contributed by atoms with Crippen molar-refractivity contribution in [3.63, 3.8) is 0 Å². The minimum atomic E-state index is -3.56. The number of sulfonamides is 1. The highest BCUT2D eigenvalue weighted by Gasteiger charge is 2.35. The van der Waals surface area contributed by atoms with Gasteiger partial charge in [0.25, 0.3) is 5.56 Å². The maximum absolute atomic E-state index is 13.0. The lowest BCUT2D eigenvalue weighted by molar-refractivity contribution is 0.398. The number of aromatic nitrogens is 3. The summed E-state index contributed by atoms with van der Waals surface area (Å²) in [4.78, 5) is 21.2. The van der Waals surface area contributed by atoms with Gasteiger partial charge in [0.05, 0.1) is 10.6 Å². The van der Waals surface area contributed by atoms with E-state index in [9.17, 15) is 13.2 Å². The number of rotatable bonds is 6. The van der Waals surface area contributed by atoms with Crippen LogP contribution < -0.4 is 10.9 Å². The summed E-state index contributed by atoms with van der Waals surface area (Å²) in [6.07, 6.45) is 4.83. The van der Waals surface area contributed by atoms with Gasteiger partial charge >= 0.3 is 0 Å². The molecular weight excluding hydrogens is 402 g/mol. The van der Waals surface area contributed by atoms with Crippen LogP contribution in [0.3, 0.4) is 0 Å². The molecule has 9 heteroatoms. The van der Waals surface area contributed by atoms with Crippen LogP contribution in [0.1, 0.15) is 12.8 Å². The van der Waals surface area contributed by atoms with Crippen molar-refractivity contribution in [2.45, 2.75) is 23.8 Å². The Morgan fingerprint density at radius 2 is 1.87 bits per heavy atom. The van der Waals surface area contributed by atoms with Crippen molar-refractivity contribution in [3.05, 3.63) is 71.3 Å². The van der Waals surface area contributed by atoms with Gasteiger partial charge in [0.2, 0.25) is 16.0 Å². The van der Waals surface area contributed by atoms with E-state index in [1.165, 1.54) is 10.6 Å². The lowest BCUT2D eigenvalue weighted by atomic mass is 10.2. The molecule has 0 radical (unpaired) electrons. The van der Waals surface area contributed by atoms with E-state index in [4.69, 9.17) is 0 Å². The molecule has 4 rings (SSSR count). The first kappa shape index (κ1) is 20.2. The highest BCUT2D eigenvalue weighted by Crippen LogP contribution is 2.26. The minimum absolute atomic E-state index is 0.195. The molecule has 1 aliphatic heterocycles. The van der Waals surface area contributed by atoms with Crippen molar-refractivity contribution in [1.29, 1.82) is 0 Å². The molecule has 1 atom stereocenters. The van der Waals surface area contributed by atoms with Gasteiger partial charge in [0.1, 0.15) is 0 Å². The van der Waals surface area contributed by atoms with Crippen molar-refractivity contribution in [3.8, 4) is 11.3 Å². The molecule has 0 spiro atoms. The first-order chi connectivity index (χ1) is 14.5. The van der Waals surface area contributed by atoms with Crippen molar-refractivity contribution in [1.82, 2.24) is 18.8 Å². The minimum Gasteiger partial charge on any atom is -0.354 e. The molecule has 1 N–H and O–H groups in total. The highest BCUT2D eigenvalue weighted by atomic mass is 32.2. The van der Waals surface area contributed by atoms with Crippen molar-refractivity contribution in [2.75, 3.05) is 18.4 Å². The Balaban J connectivity index is 1.56. The largest absolute Gasteiger partial charge is 0.354 e. The van der Waals surface area contributed by atoms with Gasteiger partial charge in [-0.25, -0.2) is 13.4 Å².